The van der Waals surface area contributed by atoms with E-state index in [-0.39, 0.29) is 24.6 Å². The van der Waals surface area contributed by atoms with E-state index in [1.165, 1.54) is 23.1 Å². The highest BCUT2D eigenvalue weighted by atomic mass is 35.5. The first kappa shape index (κ1) is 18.3. The minimum atomic E-state index is -4.58. The average Bonchev–Trinajstić information content (AvgIpc) is 2.97. The molecule has 1 aliphatic rings. The van der Waals surface area contributed by atoms with Crippen molar-refractivity contribution in [1.82, 2.24) is 0 Å². The molecule has 2 aromatic rings. The van der Waals surface area contributed by atoms with E-state index in [1.807, 2.05) is 0 Å². The Morgan fingerprint density at radius 2 is 1.77 bits per heavy atom. The van der Waals surface area contributed by atoms with Crippen LogP contribution in [0.15, 0.2) is 48.5 Å². The van der Waals surface area contributed by atoms with Gasteiger partial charge in [-0.2, -0.15) is 13.2 Å². The summed E-state index contributed by atoms with van der Waals surface area (Å²) in [5.74, 6) is -1.62. The molecular formula is C18H14ClF3N2O2. The van der Waals surface area contributed by atoms with Crippen LogP contribution in [0.5, 0.6) is 0 Å². The lowest BCUT2D eigenvalue weighted by molar-refractivity contribution is -0.137. The first-order chi connectivity index (χ1) is 12.3. The van der Waals surface area contributed by atoms with E-state index in [9.17, 15) is 22.8 Å². The van der Waals surface area contributed by atoms with E-state index in [0.717, 1.165) is 6.07 Å². The van der Waals surface area contributed by atoms with Crippen LogP contribution in [0.4, 0.5) is 24.5 Å². The Morgan fingerprint density at radius 3 is 2.42 bits per heavy atom. The molecule has 8 heteroatoms. The maximum Gasteiger partial charge on any atom is 0.418 e. The minimum absolute atomic E-state index is 0.0668. The van der Waals surface area contributed by atoms with E-state index in [2.05, 4.69) is 5.32 Å². The van der Waals surface area contributed by atoms with E-state index < -0.39 is 23.6 Å². The third kappa shape index (κ3) is 3.83. The molecule has 26 heavy (non-hydrogen) atoms. The van der Waals surface area contributed by atoms with Gasteiger partial charge in [-0.15, -0.1) is 0 Å². The quantitative estimate of drug-likeness (QED) is 0.858. The zero-order chi connectivity index (χ0) is 18.9. The van der Waals surface area contributed by atoms with Crippen LogP contribution in [0.3, 0.4) is 0 Å². The molecule has 1 atom stereocenters. The van der Waals surface area contributed by atoms with E-state index in [0.29, 0.717) is 10.7 Å². The molecule has 4 nitrogen and oxygen atoms in total. The van der Waals surface area contributed by atoms with Gasteiger partial charge in [0.05, 0.1) is 17.2 Å². The fourth-order valence-corrected chi connectivity index (χ4v) is 2.95. The van der Waals surface area contributed by atoms with Gasteiger partial charge in [0.25, 0.3) is 0 Å². The smallest absolute Gasteiger partial charge is 0.325 e. The number of nitrogens with one attached hydrogen (secondary N) is 1. The molecule has 2 amide bonds. The van der Waals surface area contributed by atoms with E-state index in [1.54, 1.807) is 24.3 Å². The number of rotatable bonds is 3. The number of hydrogen-bond acceptors (Lipinski definition) is 2. The Hall–Kier alpha value is -2.54. The van der Waals surface area contributed by atoms with Crippen molar-refractivity contribution in [3.8, 4) is 0 Å². The molecule has 136 valence electrons. The molecular weight excluding hydrogens is 369 g/mol. The summed E-state index contributed by atoms with van der Waals surface area (Å²) in [6.07, 6.45) is -4.65. The molecule has 1 N–H and O–H groups in total. The topological polar surface area (TPSA) is 49.4 Å². The van der Waals surface area contributed by atoms with Crippen LogP contribution < -0.4 is 10.2 Å². The SMILES string of the molecule is O=C(Nc1ccccc1C(F)(F)F)C1CC(=O)N(c2ccc(Cl)cc2)C1. The highest BCUT2D eigenvalue weighted by Gasteiger charge is 2.37. The highest BCUT2D eigenvalue weighted by Crippen LogP contribution is 2.35. The van der Waals surface area contributed by atoms with Gasteiger partial charge in [-0.25, -0.2) is 0 Å². The van der Waals surface area contributed by atoms with Gasteiger partial charge in [-0.05, 0) is 36.4 Å². The number of carbonyl (C=O) groups is 2. The highest BCUT2D eigenvalue weighted by molar-refractivity contribution is 6.30. The van der Waals surface area contributed by atoms with Crippen LogP contribution in [0.2, 0.25) is 5.02 Å². The standard InChI is InChI=1S/C18H14ClF3N2O2/c19-12-5-7-13(8-6-12)24-10-11(9-16(24)25)17(26)23-15-4-2-1-3-14(15)18(20,21)22/h1-8,11H,9-10H2,(H,23,26). The van der Waals surface area contributed by atoms with Crippen LogP contribution >= 0.6 is 11.6 Å². The summed E-state index contributed by atoms with van der Waals surface area (Å²) >= 11 is 5.82. The number of alkyl halides is 3. The molecule has 1 saturated heterocycles. The van der Waals surface area contributed by atoms with Gasteiger partial charge in [-0.3, -0.25) is 9.59 Å². The molecule has 3 rings (SSSR count). The van der Waals surface area contributed by atoms with Gasteiger partial charge in [0.2, 0.25) is 11.8 Å². The van der Waals surface area contributed by atoms with Crippen molar-refractivity contribution >= 4 is 34.8 Å². The van der Waals surface area contributed by atoms with Crippen molar-refractivity contribution in [3.05, 3.63) is 59.1 Å². The summed E-state index contributed by atoms with van der Waals surface area (Å²) in [5.41, 5.74) is -0.653. The van der Waals surface area contributed by atoms with Crippen molar-refractivity contribution < 1.29 is 22.8 Å². The first-order valence-corrected chi connectivity index (χ1v) is 8.16. The number of para-hydroxylation sites is 1. The third-order valence-corrected chi connectivity index (χ3v) is 4.38. The van der Waals surface area contributed by atoms with Crippen LogP contribution in [0, 0.1) is 5.92 Å². The van der Waals surface area contributed by atoms with Gasteiger partial charge in [0.1, 0.15) is 0 Å². The molecule has 0 saturated carbocycles. The van der Waals surface area contributed by atoms with Gasteiger partial charge < -0.3 is 10.2 Å². The number of anilines is 2. The van der Waals surface area contributed by atoms with Crippen molar-refractivity contribution in [2.24, 2.45) is 5.92 Å². The van der Waals surface area contributed by atoms with Crippen LogP contribution in [0.1, 0.15) is 12.0 Å². The number of carbonyl (C=O) groups excluding carboxylic acids is 2. The molecule has 0 bridgehead atoms. The molecule has 2 aromatic carbocycles. The summed E-state index contributed by atoms with van der Waals surface area (Å²) in [6, 6.07) is 11.3. The molecule has 0 aromatic heterocycles. The van der Waals surface area contributed by atoms with Gasteiger partial charge >= 0.3 is 6.18 Å². The Labute approximate surface area is 152 Å². The second kappa shape index (κ2) is 6.99. The van der Waals surface area contributed by atoms with Crippen molar-refractivity contribution in [1.29, 1.82) is 0 Å². The number of benzene rings is 2. The summed E-state index contributed by atoms with van der Waals surface area (Å²) < 4.78 is 39.1. The monoisotopic (exact) mass is 382 g/mol. The second-order valence-corrected chi connectivity index (χ2v) is 6.35. The molecule has 0 aliphatic carbocycles. The molecule has 0 radical (unpaired) electrons. The van der Waals surface area contributed by atoms with Crippen molar-refractivity contribution in [3.63, 3.8) is 0 Å². The Morgan fingerprint density at radius 1 is 1.12 bits per heavy atom. The number of nitrogens with zero attached hydrogens (tertiary/aromatic N) is 1. The number of halogens is 4. The van der Waals surface area contributed by atoms with Crippen LogP contribution in [-0.4, -0.2) is 18.4 Å². The zero-order valence-corrected chi connectivity index (χ0v) is 14.1. The lowest BCUT2D eigenvalue weighted by Gasteiger charge is -2.18. The summed E-state index contributed by atoms with van der Waals surface area (Å²) in [5, 5.41) is 2.81. The Bertz CT molecular complexity index is 837. The lowest BCUT2D eigenvalue weighted by Crippen LogP contribution is -2.28. The Balaban J connectivity index is 1.74. The maximum atomic E-state index is 13.0. The molecule has 0 spiro atoms. The number of amides is 2. The predicted molar refractivity (Wildman–Crippen MR) is 92.0 cm³/mol. The summed E-state index contributed by atoms with van der Waals surface area (Å²) in [6.45, 7) is 0.0977. The summed E-state index contributed by atoms with van der Waals surface area (Å²) in [4.78, 5) is 26.0. The summed E-state index contributed by atoms with van der Waals surface area (Å²) in [7, 11) is 0. The maximum absolute atomic E-state index is 13.0. The minimum Gasteiger partial charge on any atom is -0.325 e. The van der Waals surface area contributed by atoms with Crippen LogP contribution in [0.25, 0.3) is 0 Å². The molecule has 1 aliphatic heterocycles. The molecule has 1 unspecified atom stereocenters. The normalized spacial score (nSPS) is 17.5. The van der Waals surface area contributed by atoms with Crippen molar-refractivity contribution in [2.75, 3.05) is 16.8 Å². The Kier molecular flexibility index (Phi) is 4.91. The fraction of sp³-hybridized carbons (Fsp3) is 0.222. The average molecular weight is 383 g/mol. The second-order valence-electron chi connectivity index (χ2n) is 5.91. The van der Waals surface area contributed by atoms with Crippen molar-refractivity contribution in [2.45, 2.75) is 12.6 Å². The van der Waals surface area contributed by atoms with Gasteiger partial charge in [0.15, 0.2) is 0 Å². The number of hydrogen-bond donors (Lipinski definition) is 1. The third-order valence-electron chi connectivity index (χ3n) is 4.12. The first-order valence-electron chi connectivity index (χ1n) is 7.79. The largest absolute Gasteiger partial charge is 0.418 e. The predicted octanol–water partition coefficient (Wildman–Crippen LogP) is 4.35. The zero-order valence-electron chi connectivity index (χ0n) is 13.4. The van der Waals surface area contributed by atoms with Gasteiger partial charge in [0, 0.05) is 23.7 Å². The molecule has 1 fully saturated rings. The lowest BCUT2D eigenvalue weighted by atomic mass is 10.1. The fourth-order valence-electron chi connectivity index (χ4n) is 2.83. The van der Waals surface area contributed by atoms with E-state index in [4.69, 9.17) is 11.6 Å². The molecule has 1 heterocycles. The van der Waals surface area contributed by atoms with Gasteiger partial charge in [-0.1, -0.05) is 23.7 Å². The van der Waals surface area contributed by atoms with E-state index >= 15 is 0 Å². The van der Waals surface area contributed by atoms with Crippen LogP contribution in [-0.2, 0) is 15.8 Å².